The minimum atomic E-state index is -1.79. The number of hydrogen-bond acceptors (Lipinski definition) is 5. The van der Waals surface area contributed by atoms with Crippen LogP contribution in [0, 0.1) is 0 Å². The van der Waals surface area contributed by atoms with Crippen LogP contribution in [0.5, 0.6) is 0 Å². The first-order chi connectivity index (χ1) is 5.85. The van der Waals surface area contributed by atoms with Crippen molar-refractivity contribution in [1.82, 2.24) is 0 Å². The van der Waals surface area contributed by atoms with Crippen LogP contribution in [0.1, 0.15) is 14.8 Å². The summed E-state index contributed by atoms with van der Waals surface area (Å²) in [5, 5.41) is 8.22. The molecule has 1 N–H and O–H groups in total. The number of rotatable bonds is 8. The van der Waals surface area contributed by atoms with Crippen molar-refractivity contribution < 1.29 is 55.0 Å². The summed E-state index contributed by atoms with van der Waals surface area (Å²) in [6, 6.07) is 0. The molecule has 1 atom stereocenters. The zero-order valence-corrected chi connectivity index (χ0v) is 10.8. The van der Waals surface area contributed by atoms with Crippen LogP contribution in [-0.2, 0) is 18.8 Å². The molecule has 1 unspecified atom stereocenters. The second kappa shape index (κ2) is 13.0. The minimum absolute atomic E-state index is 0. The molecule has 0 aliphatic carbocycles. The molecular formula is C6H14NaO5P. The SMILES string of the molecule is C=CCOOP(OO)OCCC.[H-].[Na+]. The van der Waals surface area contributed by atoms with E-state index in [9.17, 15) is 0 Å². The van der Waals surface area contributed by atoms with Crippen LogP contribution in [0.25, 0.3) is 0 Å². The van der Waals surface area contributed by atoms with Gasteiger partial charge in [-0.05, 0) is 6.42 Å². The van der Waals surface area contributed by atoms with Crippen LogP contribution < -0.4 is 29.6 Å². The summed E-state index contributed by atoms with van der Waals surface area (Å²) in [6.45, 7) is 6.00. The molecule has 0 fully saturated rings. The molecule has 0 aromatic carbocycles. The van der Waals surface area contributed by atoms with Crippen LogP contribution >= 0.6 is 8.60 Å². The molecule has 0 heterocycles. The number of hydrogen-bond donors (Lipinski definition) is 1. The normalized spacial score (nSPS) is 11.8. The van der Waals surface area contributed by atoms with E-state index < -0.39 is 8.60 Å². The van der Waals surface area contributed by atoms with Crippen molar-refractivity contribution in [1.29, 1.82) is 0 Å². The van der Waals surface area contributed by atoms with Gasteiger partial charge in [-0.1, -0.05) is 13.0 Å². The third-order valence-electron chi connectivity index (χ3n) is 0.767. The first-order valence-electron chi connectivity index (χ1n) is 3.50. The van der Waals surface area contributed by atoms with E-state index in [4.69, 9.17) is 9.78 Å². The zero-order chi connectivity index (χ0) is 9.23. The molecule has 0 aliphatic rings. The van der Waals surface area contributed by atoms with E-state index in [0.29, 0.717) is 6.61 Å². The fourth-order valence-corrected chi connectivity index (χ4v) is 0.942. The van der Waals surface area contributed by atoms with Gasteiger partial charge in [-0.15, -0.1) is 6.58 Å². The van der Waals surface area contributed by atoms with E-state index in [0.717, 1.165) is 6.42 Å². The molecule has 0 rings (SSSR count). The largest absolute Gasteiger partial charge is 1.00 e. The second-order valence-corrected chi connectivity index (χ2v) is 2.80. The van der Waals surface area contributed by atoms with Gasteiger partial charge >= 0.3 is 38.2 Å². The Morgan fingerprint density at radius 3 is 2.77 bits per heavy atom. The summed E-state index contributed by atoms with van der Waals surface area (Å²) >= 11 is 0. The van der Waals surface area contributed by atoms with Crippen LogP contribution in [0.2, 0.25) is 0 Å². The first kappa shape index (κ1) is 16.4. The zero-order valence-electron chi connectivity index (χ0n) is 8.93. The molecule has 0 aromatic heterocycles. The fraction of sp³-hybridized carbons (Fsp3) is 0.667. The van der Waals surface area contributed by atoms with Crippen LogP contribution in [0.3, 0.4) is 0 Å². The Morgan fingerprint density at radius 2 is 2.31 bits per heavy atom. The molecule has 0 saturated carbocycles. The average Bonchev–Trinajstić information content (AvgIpc) is 2.11. The van der Waals surface area contributed by atoms with Crippen molar-refractivity contribution in [3.63, 3.8) is 0 Å². The molecule has 0 bridgehead atoms. The molecular weight excluding hydrogens is 206 g/mol. The van der Waals surface area contributed by atoms with Gasteiger partial charge < -0.3 is 5.95 Å². The molecule has 0 aromatic rings. The van der Waals surface area contributed by atoms with Crippen molar-refractivity contribution in [2.75, 3.05) is 13.2 Å². The van der Waals surface area contributed by atoms with E-state index in [1.807, 2.05) is 6.92 Å². The molecule has 5 nitrogen and oxygen atoms in total. The summed E-state index contributed by atoms with van der Waals surface area (Å²) in [6.07, 6.45) is 2.32. The fourth-order valence-electron chi connectivity index (χ4n) is 0.346. The second-order valence-electron chi connectivity index (χ2n) is 1.79. The third-order valence-corrected chi connectivity index (χ3v) is 1.52. The maximum absolute atomic E-state index is 8.22. The van der Waals surface area contributed by atoms with Gasteiger partial charge in [0.2, 0.25) is 0 Å². The summed E-state index contributed by atoms with van der Waals surface area (Å²) in [5.74, 6) is 0. The standard InChI is InChI=1S/C6H13O5P.Na.H/c1-3-5-8-11-12(10-7)9-6-4-2;;/h3,7H,1,4-6H2,2H3;;/q;+1;-1. The maximum atomic E-state index is 8.22. The van der Waals surface area contributed by atoms with Gasteiger partial charge in [-0.25, -0.2) is 10.1 Å². The molecule has 7 heteroatoms. The van der Waals surface area contributed by atoms with Gasteiger partial charge in [0.25, 0.3) is 0 Å². The Kier molecular flexibility index (Phi) is 16.4. The summed E-state index contributed by atoms with van der Waals surface area (Å²) in [4.78, 5) is 4.53. The quantitative estimate of drug-likeness (QED) is 0.147. The predicted octanol–water partition coefficient (Wildman–Crippen LogP) is -0.620. The van der Waals surface area contributed by atoms with E-state index in [1.54, 1.807) is 0 Å². The first-order valence-corrected chi connectivity index (χ1v) is 4.59. The predicted molar refractivity (Wildman–Crippen MR) is 45.2 cm³/mol. The van der Waals surface area contributed by atoms with E-state index in [2.05, 4.69) is 20.8 Å². The molecule has 0 amide bonds. The van der Waals surface area contributed by atoms with Crippen LogP contribution in [0.15, 0.2) is 12.7 Å². The van der Waals surface area contributed by atoms with Gasteiger partial charge in [0.15, 0.2) is 0 Å². The molecule has 0 spiro atoms. The van der Waals surface area contributed by atoms with Crippen molar-refractivity contribution in [3.8, 4) is 0 Å². The Hall–Kier alpha value is 0.970. The minimum Gasteiger partial charge on any atom is -1.00 e. The van der Waals surface area contributed by atoms with Crippen molar-refractivity contribution in [2.24, 2.45) is 0 Å². The van der Waals surface area contributed by atoms with Gasteiger partial charge in [-0.2, -0.15) is 9.35 Å². The molecule has 0 aliphatic heterocycles. The molecule has 13 heavy (non-hydrogen) atoms. The smallest absolute Gasteiger partial charge is 1.00 e. The Balaban J connectivity index is -0.000000605. The van der Waals surface area contributed by atoms with E-state index in [1.165, 1.54) is 6.08 Å². The Bertz CT molecular complexity index is 120. The summed E-state index contributed by atoms with van der Waals surface area (Å²) in [5.41, 5.74) is 0. The van der Waals surface area contributed by atoms with Crippen molar-refractivity contribution in [2.45, 2.75) is 13.3 Å². The van der Waals surface area contributed by atoms with Gasteiger partial charge in [0.1, 0.15) is 6.61 Å². The molecule has 74 valence electrons. The van der Waals surface area contributed by atoms with Crippen molar-refractivity contribution in [3.05, 3.63) is 12.7 Å². The van der Waals surface area contributed by atoms with Crippen LogP contribution in [-0.4, -0.2) is 18.5 Å². The maximum Gasteiger partial charge on any atom is 1.00 e. The summed E-state index contributed by atoms with van der Waals surface area (Å²) < 4.78 is 13.3. The molecule has 0 saturated heterocycles. The monoisotopic (exact) mass is 220 g/mol. The van der Waals surface area contributed by atoms with E-state index >= 15 is 0 Å². The topological polar surface area (TPSA) is 57.2 Å². The summed E-state index contributed by atoms with van der Waals surface area (Å²) in [7, 11) is -1.79. The van der Waals surface area contributed by atoms with Gasteiger partial charge in [0.05, 0.1) is 6.61 Å². The third kappa shape index (κ3) is 10.9. The van der Waals surface area contributed by atoms with Crippen molar-refractivity contribution >= 4 is 8.60 Å². The Labute approximate surface area is 103 Å². The molecule has 0 radical (unpaired) electrons. The van der Waals surface area contributed by atoms with E-state index in [-0.39, 0.29) is 37.6 Å². The average molecular weight is 220 g/mol. The van der Waals surface area contributed by atoms with Gasteiger partial charge in [0, 0.05) is 0 Å². The van der Waals surface area contributed by atoms with Gasteiger partial charge in [-0.3, -0.25) is 0 Å². The Morgan fingerprint density at radius 1 is 1.62 bits per heavy atom. The van der Waals surface area contributed by atoms with Crippen LogP contribution in [0.4, 0.5) is 0 Å².